The van der Waals surface area contributed by atoms with Gasteiger partial charge >= 0.3 is 12.5 Å². The Kier molecular flexibility index (Phi) is 3.67. The smallest absolute Gasteiger partial charge is 0.425 e. The Bertz CT molecular complexity index is 336. The van der Waals surface area contributed by atoms with Crippen LogP contribution in [0, 0.1) is 6.07 Å². The molecule has 7 heteroatoms. The summed E-state index contributed by atoms with van der Waals surface area (Å²) in [4.78, 5) is 0. The van der Waals surface area contributed by atoms with Crippen LogP contribution in [-0.4, -0.2) is 12.5 Å². The van der Waals surface area contributed by atoms with E-state index in [0.717, 1.165) is 12.1 Å². The van der Waals surface area contributed by atoms with Gasteiger partial charge < -0.3 is 4.74 Å². The maximum absolute atomic E-state index is 12.5. The number of alkyl halides is 4. The van der Waals surface area contributed by atoms with Crippen molar-refractivity contribution in [2.45, 2.75) is 12.5 Å². The van der Waals surface area contributed by atoms with Crippen LogP contribution in [0.4, 0.5) is 17.6 Å². The Balaban J connectivity index is 2.99. The summed E-state index contributed by atoms with van der Waals surface area (Å²) in [6, 6.07) is 4.56. The highest BCUT2D eigenvalue weighted by Crippen LogP contribution is 2.37. The molecular weight excluding hydrogens is 259 g/mol. The number of ether oxygens (including phenoxy) is 1. The van der Waals surface area contributed by atoms with Crippen molar-refractivity contribution in [1.29, 1.82) is 0 Å². The van der Waals surface area contributed by atoms with Gasteiger partial charge in [-0.1, -0.05) is 23.2 Å². The molecule has 83 valence electrons. The zero-order valence-corrected chi connectivity index (χ0v) is 8.42. The number of hydrogen-bond donors (Lipinski definition) is 0. The number of halogens is 6. The average Bonchev–Trinajstić information content (AvgIpc) is 2.11. The second-order valence-electron chi connectivity index (χ2n) is 2.44. The number of hydrogen-bond acceptors (Lipinski definition) is 1. The SMILES string of the molecule is FC(F)C(F)(F)Oc1c(Cl)c[c]cc1Cl. The first-order chi connectivity index (χ1) is 6.84. The van der Waals surface area contributed by atoms with Gasteiger partial charge in [-0.25, -0.2) is 0 Å². The fourth-order valence-corrected chi connectivity index (χ4v) is 1.17. The number of rotatable bonds is 3. The minimum absolute atomic E-state index is 0.317. The van der Waals surface area contributed by atoms with E-state index in [1.165, 1.54) is 0 Å². The van der Waals surface area contributed by atoms with Crippen molar-refractivity contribution in [3.63, 3.8) is 0 Å². The summed E-state index contributed by atoms with van der Waals surface area (Å²) < 4.78 is 52.3. The summed E-state index contributed by atoms with van der Waals surface area (Å²) in [6.45, 7) is 0. The van der Waals surface area contributed by atoms with Crippen LogP contribution < -0.4 is 4.74 Å². The summed E-state index contributed by atoms with van der Waals surface area (Å²) in [5.74, 6) is -0.692. The maximum Gasteiger partial charge on any atom is 0.461 e. The second kappa shape index (κ2) is 4.45. The van der Waals surface area contributed by atoms with E-state index in [1.807, 2.05) is 0 Å². The van der Waals surface area contributed by atoms with Crippen molar-refractivity contribution in [3.05, 3.63) is 28.2 Å². The second-order valence-corrected chi connectivity index (χ2v) is 3.26. The molecule has 1 rings (SSSR count). The zero-order valence-electron chi connectivity index (χ0n) is 6.91. The molecule has 1 nitrogen and oxygen atoms in total. The van der Waals surface area contributed by atoms with Gasteiger partial charge in [0.25, 0.3) is 0 Å². The van der Waals surface area contributed by atoms with E-state index < -0.39 is 18.3 Å². The molecule has 15 heavy (non-hydrogen) atoms. The van der Waals surface area contributed by atoms with Gasteiger partial charge in [-0.3, -0.25) is 0 Å². The lowest BCUT2D eigenvalue weighted by atomic mass is 10.3. The molecular formula is C8H3Cl2F4O. The first-order valence-corrected chi connectivity index (χ1v) is 4.30. The topological polar surface area (TPSA) is 9.23 Å². The van der Waals surface area contributed by atoms with Gasteiger partial charge in [-0.05, 0) is 18.2 Å². The van der Waals surface area contributed by atoms with Crippen LogP contribution in [0.3, 0.4) is 0 Å². The van der Waals surface area contributed by atoms with E-state index in [1.54, 1.807) is 0 Å². The van der Waals surface area contributed by atoms with Crippen molar-refractivity contribution in [1.82, 2.24) is 0 Å². The highest BCUT2D eigenvalue weighted by Gasteiger charge is 2.44. The molecule has 0 atom stereocenters. The van der Waals surface area contributed by atoms with Crippen LogP contribution in [0.2, 0.25) is 10.0 Å². The molecule has 0 saturated heterocycles. The highest BCUT2D eigenvalue weighted by molar-refractivity contribution is 6.37. The van der Waals surface area contributed by atoms with Gasteiger partial charge in [-0.15, -0.1) is 0 Å². The Hall–Kier alpha value is -0.680. The fourth-order valence-electron chi connectivity index (χ4n) is 0.711. The lowest BCUT2D eigenvalue weighted by Crippen LogP contribution is -2.33. The number of benzene rings is 1. The first-order valence-electron chi connectivity index (χ1n) is 3.54. The van der Waals surface area contributed by atoms with Crippen LogP contribution in [0.1, 0.15) is 0 Å². The van der Waals surface area contributed by atoms with Crippen LogP contribution in [0.5, 0.6) is 5.75 Å². The van der Waals surface area contributed by atoms with Crippen molar-refractivity contribution >= 4 is 23.2 Å². The van der Waals surface area contributed by atoms with Crippen molar-refractivity contribution in [2.75, 3.05) is 0 Å². The fraction of sp³-hybridized carbons (Fsp3) is 0.250. The monoisotopic (exact) mass is 261 g/mol. The molecule has 0 aliphatic heterocycles. The van der Waals surface area contributed by atoms with E-state index in [0.29, 0.717) is 0 Å². The van der Waals surface area contributed by atoms with Gasteiger partial charge in [0.2, 0.25) is 0 Å². The summed E-state index contributed by atoms with van der Waals surface area (Å²) in [5, 5.41) is -0.634. The molecule has 0 saturated carbocycles. The minimum atomic E-state index is -4.63. The normalized spacial score (nSPS) is 11.9. The summed E-state index contributed by atoms with van der Waals surface area (Å²) >= 11 is 10.8. The Labute approximate surface area is 92.5 Å². The summed E-state index contributed by atoms with van der Waals surface area (Å²) in [5.41, 5.74) is 0. The third-order valence-electron chi connectivity index (χ3n) is 1.35. The zero-order chi connectivity index (χ0) is 11.6. The van der Waals surface area contributed by atoms with Gasteiger partial charge in [0, 0.05) is 0 Å². The summed E-state index contributed by atoms with van der Waals surface area (Å²) in [7, 11) is 0. The first kappa shape index (κ1) is 12.4. The molecule has 0 aliphatic rings. The molecule has 0 aliphatic carbocycles. The molecule has 0 N–H and O–H groups in total. The van der Waals surface area contributed by atoms with E-state index >= 15 is 0 Å². The predicted octanol–water partition coefficient (Wildman–Crippen LogP) is 4.03. The van der Waals surface area contributed by atoms with E-state index in [4.69, 9.17) is 23.2 Å². The van der Waals surface area contributed by atoms with Crippen LogP contribution in [-0.2, 0) is 0 Å². The molecule has 1 radical (unpaired) electrons. The Morgan fingerprint density at radius 3 is 2.07 bits per heavy atom. The van der Waals surface area contributed by atoms with Gasteiger partial charge in [0.1, 0.15) is 0 Å². The maximum atomic E-state index is 12.5. The van der Waals surface area contributed by atoms with Crippen molar-refractivity contribution < 1.29 is 22.3 Å². The van der Waals surface area contributed by atoms with E-state index in [9.17, 15) is 17.6 Å². The quantitative estimate of drug-likeness (QED) is 0.747. The van der Waals surface area contributed by atoms with E-state index in [-0.39, 0.29) is 10.0 Å². The van der Waals surface area contributed by atoms with Gasteiger partial charge in [-0.2, -0.15) is 17.6 Å². The minimum Gasteiger partial charge on any atom is -0.425 e. The molecule has 0 heterocycles. The lowest BCUT2D eigenvalue weighted by Gasteiger charge is -2.18. The van der Waals surface area contributed by atoms with Crippen LogP contribution in [0.25, 0.3) is 0 Å². The largest absolute Gasteiger partial charge is 0.461 e. The molecule has 0 aromatic heterocycles. The van der Waals surface area contributed by atoms with E-state index in [2.05, 4.69) is 10.8 Å². The van der Waals surface area contributed by atoms with Gasteiger partial charge in [0.15, 0.2) is 5.75 Å². The molecule has 0 fully saturated rings. The molecule has 1 aromatic carbocycles. The van der Waals surface area contributed by atoms with Crippen molar-refractivity contribution in [3.8, 4) is 5.75 Å². The average molecular weight is 262 g/mol. The third-order valence-corrected chi connectivity index (χ3v) is 1.91. The third kappa shape index (κ3) is 2.89. The molecule has 0 amide bonds. The Morgan fingerprint density at radius 2 is 1.67 bits per heavy atom. The molecule has 0 spiro atoms. The predicted molar refractivity (Wildman–Crippen MR) is 46.9 cm³/mol. The summed E-state index contributed by atoms with van der Waals surface area (Å²) in [6.07, 6.45) is -8.59. The molecule has 1 aromatic rings. The van der Waals surface area contributed by atoms with Crippen LogP contribution >= 0.6 is 23.2 Å². The standard InChI is InChI=1S/C8H3Cl2F4O/c9-4-2-1-3-5(10)6(4)15-8(13,14)7(11)12/h2-3,7H. The molecule has 0 bridgehead atoms. The highest BCUT2D eigenvalue weighted by atomic mass is 35.5. The van der Waals surface area contributed by atoms with Gasteiger partial charge in [0.05, 0.1) is 10.0 Å². The Morgan fingerprint density at radius 1 is 1.20 bits per heavy atom. The lowest BCUT2D eigenvalue weighted by molar-refractivity contribution is -0.253. The van der Waals surface area contributed by atoms with Crippen LogP contribution in [0.15, 0.2) is 12.1 Å². The van der Waals surface area contributed by atoms with Crippen molar-refractivity contribution in [2.24, 2.45) is 0 Å². The molecule has 0 unspecified atom stereocenters.